The highest BCUT2D eigenvalue weighted by atomic mass is 35.5. The minimum atomic E-state index is -0.445. The van der Waals surface area contributed by atoms with Gasteiger partial charge in [-0.05, 0) is 24.3 Å². The number of benzene rings is 2. The molecule has 17 heavy (non-hydrogen) atoms. The van der Waals surface area contributed by atoms with E-state index in [4.69, 9.17) is 27.9 Å². The average Bonchev–Trinajstić information content (AvgIpc) is 2.33. The van der Waals surface area contributed by atoms with Crippen molar-refractivity contribution < 1.29 is 9.13 Å². The first kappa shape index (κ1) is 12.2. The van der Waals surface area contributed by atoms with E-state index >= 15 is 0 Å². The SMILES string of the molecule is COc1cccc(-c2cc(Cl)ccc2Cl)c1F. The van der Waals surface area contributed by atoms with Crippen LogP contribution < -0.4 is 4.74 Å². The summed E-state index contributed by atoms with van der Waals surface area (Å²) in [4.78, 5) is 0. The Bertz CT molecular complexity index is 555. The second-order valence-corrected chi connectivity index (χ2v) is 4.29. The van der Waals surface area contributed by atoms with Gasteiger partial charge < -0.3 is 4.74 Å². The third-order valence-corrected chi connectivity index (χ3v) is 2.97. The first-order chi connectivity index (χ1) is 8.13. The molecule has 2 rings (SSSR count). The Kier molecular flexibility index (Phi) is 3.55. The molecule has 1 nitrogen and oxygen atoms in total. The van der Waals surface area contributed by atoms with E-state index in [9.17, 15) is 4.39 Å². The number of halogens is 3. The van der Waals surface area contributed by atoms with Crippen molar-refractivity contribution in [2.45, 2.75) is 0 Å². The number of methoxy groups -OCH3 is 1. The van der Waals surface area contributed by atoms with Crippen LogP contribution in [0.15, 0.2) is 36.4 Å². The van der Waals surface area contributed by atoms with E-state index in [1.165, 1.54) is 7.11 Å². The summed E-state index contributed by atoms with van der Waals surface area (Å²) >= 11 is 11.9. The summed E-state index contributed by atoms with van der Waals surface area (Å²) in [5.74, 6) is -0.266. The van der Waals surface area contributed by atoms with Gasteiger partial charge in [0.25, 0.3) is 0 Å². The minimum absolute atomic E-state index is 0.179. The molecule has 0 fully saturated rings. The maximum Gasteiger partial charge on any atom is 0.172 e. The van der Waals surface area contributed by atoms with Gasteiger partial charge in [-0.25, -0.2) is 4.39 Å². The van der Waals surface area contributed by atoms with Crippen LogP contribution in [0.1, 0.15) is 0 Å². The van der Waals surface area contributed by atoms with Crippen LogP contribution in [-0.2, 0) is 0 Å². The minimum Gasteiger partial charge on any atom is -0.494 e. The molecule has 2 aromatic carbocycles. The predicted octanol–water partition coefficient (Wildman–Crippen LogP) is 4.81. The number of hydrogen-bond acceptors (Lipinski definition) is 1. The number of hydrogen-bond donors (Lipinski definition) is 0. The topological polar surface area (TPSA) is 9.23 Å². The second-order valence-electron chi connectivity index (χ2n) is 3.45. The van der Waals surface area contributed by atoms with Gasteiger partial charge in [-0.3, -0.25) is 0 Å². The van der Waals surface area contributed by atoms with Gasteiger partial charge in [0, 0.05) is 21.2 Å². The Morgan fingerprint density at radius 3 is 2.53 bits per heavy atom. The quantitative estimate of drug-likeness (QED) is 0.761. The molecule has 88 valence electrons. The molecule has 0 spiro atoms. The number of ether oxygens (including phenoxy) is 1. The van der Waals surface area contributed by atoms with Crippen molar-refractivity contribution in [1.82, 2.24) is 0 Å². The van der Waals surface area contributed by atoms with Crippen molar-refractivity contribution in [2.75, 3.05) is 7.11 Å². The summed E-state index contributed by atoms with van der Waals surface area (Å²) in [6.45, 7) is 0. The van der Waals surface area contributed by atoms with E-state index in [-0.39, 0.29) is 5.75 Å². The van der Waals surface area contributed by atoms with Crippen LogP contribution in [0.3, 0.4) is 0 Å². The second kappa shape index (κ2) is 4.94. The molecule has 0 radical (unpaired) electrons. The molecule has 0 unspecified atom stereocenters. The van der Waals surface area contributed by atoms with Crippen molar-refractivity contribution in [3.8, 4) is 16.9 Å². The van der Waals surface area contributed by atoms with E-state index < -0.39 is 5.82 Å². The fourth-order valence-corrected chi connectivity index (χ4v) is 1.97. The number of rotatable bonds is 2. The van der Waals surface area contributed by atoms with Crippen molar-refractivity contribution in [2.24, 2.45) is 0 Å². The zero-order chi connectivity index (χ0) is 12.4. The van der Waals surface area contributed by atoms with E-state index in [1.54, 1.807) is 36.4 Å². The average molecular weight is 271 g/mol. The van der Waals surface area contributed by atoms with Crippen LogP contribution in [0.25, 0.3) is 11.1 Å². The van der Waals surface area contributed by atoms with E-state index in [0.29, 0.717) is 21.2 Å². The van der Waals surface area contributed by atoms with Crippen LogP contribution in [0.4, 0.5) is 4.39 Å². The van der Waals surface area contributed by atoms with Crippen LogP contribution in [-0.4, -0.2) is 7.11 Å². The van der Waals surface area contributed by atoms with Gasteiger partial charge in [0.05, 0.1) is 7.11 Å². The first-order valence-electron chi connectivity index (χ1n) is 4.91. The fourth-order valence-electron chi connectivity index (χ4n) is 1.58. The Labute approximate surface area is 109 Å². The lowest BCUT2D eigenvalue weighted by atomic mass is 10.0. The van der Waals surface area contributed by atoms with E-state index in [2.05, 4.69) is 0 Å². The largest absolute Gasteiger partial charge is 0.494 e. The lowest BCUT2D eigenvalue weighted by Crippen LogP contribution is -1.91. The molecule has 0 bridgehead atoms. The van der Waals surface area contributed by atoms with E-state index in [1.807, 2.05) is 0 Å². The summed E-state index contributed by atoms with van der Waals surface area (Å²) in [5.41, 5.74) is 0.924. The summed E-state index contributed by atoms with van der Waals surface area (Å²) in [7, 11) is 1.42. The summed E-state index contributed by atoms with van der Waals surface area (Å²) in [6, 6.07) is 9.81. The van der Waals surface area contributed by atoms with Gasteiger partial charge in [-0.2, -0.15) is 0 Å². The molecule has 0 heterocycles. The Hall–Kier alpha value is -1.25. The maximum atomic E-state index is 14.0. The predicted molar refractivity (Wildman–Crippen MR) is 68.4 cm³/mol. The summed E-state index contributed by atoms with van der Waals surface area (Å²) in [5, 5.41) is 0.952. The third kappa shape index (κ3) is 2.38. The molecular formula is C13H9Cl2FO. The van der Waals surface area contributed by atoms with Crippen molar-refractivity contribution in [3.63, 3.8) is 0 Å². The molecule has 0 atom stereocenters. The molecular weight excluding hydrogens is 262 g/mol. The van der Waals surface area contributed by atoms with Gasteiger partial charge in [-0.15, -0.1) is 0 Å². The van der Waals surface area contributed by atoms with Gasteiger partial charge in [0.2, 0.25) is 0 Å². The van der Waals surface area contributed by atoms with Crippen LogP contribution in [0, 0.1) is 5.82 Å². The smallest absolute Gasteiger partial charge is 0.172 e. The monoisotopic (exact) mass is 270 g/mol. The molecule has 0 aliphatic rings. The third-order valence-electron chi connectivity index (χ3n) is 2.40. The molecule has 0 saturated heterocycles. The standard InChI is InChI=1S/C13H9Cl2FO/c1-17-12-4-2-3-9(13(12)16)10-7-8(14)5-6-11(10)15/h2-7H,1H3. The Morgan fingerprint density at radius 1 is 1.06 bits per heavy atom. The van der Waals surface area contributed by atoms with Crippen LogP contribution >= 0.6 is 23.2 Å². The zero-order valence-corrected chi connectivity index (χ0v) is 10.5. The molecule has 0 aromatic heterocycles. The van der Waals surface area contributed by atoms with Gasteiger partial charge >= 0.3 is 0 Å². The lowest BCUT2D eigenvalue weighted by Gasteiger charge is -2.09. The van der Waals surface area contributed by atoms with Crippen molar-refractivity contribution >= 4 is 23.2 Å². The van der Waals surface area contributed by atoms with Crippen LogP contribution in [0.2, 0.25) is 10.0 Å². The van der Waals surface area contributed by atoms with Gasteiger partial charge in [0.1, 0.15) is 0 Å². The highest BCUT2D eigenvalue weighted by molar-refractivity contribution is 6.35. The molecule has 0 aliphatic carbocycles. The maximum absolute atomic E-state index is 14.0. The molecule has 4 heteroatoms. The molecule has 0 aliphatic heterocycles. The summed E-state index contributed by atoms with van der Waals surface area (Å²) in [6.07, 6.45) is 0. The van der Waals surface area contributed by atoms with Gasteiger partial charge in [0.15, 0.2) is 11.6 Å². The van der Waals surface area contributed by atoms with Crippen molar-refractivity contribution in [1.29, 1.82) is 0 Å². The molecule has 0 saturated carbocycles. The fraction of sp³-hybridized carbons (Fsp3) is 0.0769. The normalized spacial score (nSPS) is 10.4. The highest BCUT2D eigenvalue weighted by Crippen LogP contribution is 2.35. The van der Waals surface area contributed by atoms with E-state index in [0.717, 1.165) is 0 Å². The van der Waals surface area contributed by atoms with Crippen molar-refractivity contribution in [3.05, 3.63) is 52.3 Å². The summed E-state index contributed by atoms with van der Waals surface area (Å²) < 4.78 is 19.0. The zero-order valence-electron chi connectivity index (χ0n) is 9.01. The highest BCUT2D eigenvalue weighted by Gasteiger charge is 2.13. The Balaban J connectivity index is 2.64. The first-order valence-corrected chi connectivity index (χ1v) is 5.67. The van der Waals surface area contributed by atoms with Gasteiger partial charge in [-0.1, -0.05) is 35.3 Å². The van der Waals surface area contributed by atoms with Crippen LogP contribution in [0.5, 0.6) is 5.75 Å². The molecule has 2 aromatic rings. The lowest BCUT2D eigenvalue weighted by molar-refractivity contribution is 0.387. The Morgan fingerprint density at radius 2 is 1.82 bits per heavy atom. The molecule has 0 amide bonds. The molecule has 0 N–H and O–H groups in total.